The smallest absolute Gasteiger partial charge is 0.269 e. The molecule has 3 aromatic rings. The first-order valence-electron chi connectivity index (χ1n) is 6.38. The average molecular weight is 317 g/mol. The first kappa shape index (κ1) is 14.3. The Morgan fingerprint density at radius 1 is 1.09 bits per heavy atom. The van der Waals surface area contributed by atoms with E-state index in [-0.39, 0.29) is 22.5 Å². The summed E-state index contributed by atoms with van der Waals surface area (Å²) < 4.78 is 18.0. The monoisotopic (exact) mass is 316 g/mol. The highest BCUT2D eigenvalue weighted by Crippen LogP contribution is 2.24. The van der Waals surface area contributed by atoms with Crippen LogP contribution in [0.5, 0.6) is 5.75 Å². The number of hydrogen-bond donors (Lipinski definition) is 1. The van der Waals surface area contributed by atoms with Crippen LogP contribution in [0.1, 0.15) is 11.5 Å². The first-order valence-corrected chi connectivity index (χ1v) is 6.76. The SMILES string of the molecule is Oc1ccc(/C=C(\Cl)c2nc(-c3ccc(F)cc3)no2)cc1. The Labute approximate surface area is 130 Å². The van der Waals surface area contributed by atoms with Gasteiger partial charge in [0.2, 0.25) is 5.82 Å². The molecule has 0 saturated heterocycles. The van der Waals surface area contributed by atoms with E-state index in [4.69, 9.17) is 16.1 Å². The molecule has 0 saturated carbocycles. The van der Waals surface area contributed by atoms with Crippen molar-refractivity contribution in [2.24, 2.45) is 0 Å². The Kier molecular flexibility index (Phi) is 3.89. The van der Waals surface area contributed by atoms with Crippen LogP contribution in [0.15, 0.2) is 53.1 Å². The van der Waals surface area contributed by atoms with Crippen LogP contribution in [0.3, 0.4) is 0 Å². The van der Waals surface area contributed by atoms with Gasteiger partial charge in [0.1, 0.15) is 16.6 Å². The number of phenolic OH excluding ortho intramolecular Hbond substituents is 1. The Balaban J connectivity index is 1.86. The van der Waals surface area contributed by atoms with E-state index in [0.29, 0.717) is 11.4 Å². The number of halogens is 2. The van der Waals surface area contributed by atoms with Crippen LogP contribution in [-0.2, 0) is 0 Å². The van der Waals surface area contributed by atoms with Crippen molar-refractivity contribution in [1.82, 2.24) is 10.1 Å². The van der Waals surface area contributed by atoms with Crippen LogP contribution in [0, 0.1) is 5.82 Å². The molecule has 0 atom stereocenters. The normalized spacial score (nSPS) is 11.6. The third-order valence-corrected chi connectivity index (χ3v) is 3.19. The largest absolute Gasteiger partial charge is 0.508 e. The van der Waals surface area contributed by atoms with E-state index in [1.165, 1.54) is 12.1 Å². The van der Waals surface area contributed by atoms with Gasteiger partial charge in [0, 0.05) is 5.56 Å². The van der Waals surface area contributed by atoms with E-state index in [9.17, 15) is 9.50 Å². The predicted octanol–water partition coefficient (Wildman–Crippen LogP) is 4.32. The van der Waals surface area contributed by atoms with E-state index >= 15 is 0 Å². The van der Waals surface area contributed by atoms with Crippen molar-refractivity contribution >= 4 is 22.7 Å². The fourth-order valence-electron chi connectivity index (χ4n) is 1.82. The van der Waals surface area contributed by atoms with Gasteiger partial charge in [-0.1, -0.05) is 28.9 Å². The van der Waals surface area contributed by atoms with E-state index in [1.54, 1.807) is 42.5 Å². The summed E-state index contributed by atoms with van der Waals surface area (Å²) in [4.78, 5) is 4.17. The predicted molar refractivity (Wildman–Crippen MR) is 81.5 cm³/mol. The zero-order valence-corrected chi connectivity index (χ0v) is 12.0. The van der Waals surface area contributed by atoms with Crippen molar-refractivity contribution in [2.45, 2.75) is 0 Å². The van der Waals surface area contributed by atoms with Crippen LogP contribution in [0.4, 0.5) is 4.39 Å². The van der Waals surface area contributed by atoms with Gasteiger partial charge in [-0.2, -0.15) is 4.98 Å². The molecule has 0 bridgehead atoms. The zero-order chi connectivity index (χ0) is 15.5. The Bertz CT molecular complexity index is 811. The molecule has 4 nitrogen and oxygen atoms in total. The zero-order valence-electron chi connectivity index (χ0n) is 11.2. The maximum Gasteiger partial charge on any atom is 0.269 e. The lowest BCUT2D eigenvalue weighted by Crippen LogP contribution is -1.82. The highest BCUT2D eigenvalue weighted by molar-refractivity contribution is 6.50. The van der Waals surface area contributed by atoms with Crippen LogP contribution >= 0.6 is 11.6 Å². The van der Waals surface area contributed by atoms with Gasteiger partial charge in [0.05, 0.1) is 0 Å². The number of aromatic hydroxyl groups is 1. The van der Waals surface area contributed by atoms with E-state index in [1.807, 2.05) is 0 Å². The lowest BCUT2D eigenvalue weighted by Gasteiger charge is -1.95. The Hall–Kier alpha value is -2.66. The third kappa shape index (κ3) is 3.15. The van der Waals surface area contributed by atoms with E-state index in [2.05, 4.69) is 10.1 Å². The van der Waals surface area contributed by atoms with Crippen LogP contribution < -0.4 is 0 Å². The van der Waals surface area contributed by atoms with Gasteiger partial charge in [0.25, 0.3) is 5.89 Å². The lowest BCUT2D eigenvalue weighted by atomic mass is 10.2. The maximum atomic E-state index is 12.9. The summed E-state index contributed by atoms with van der Waals surface area (Å²) in [6.45, 7) is 0. The lowest BCUT2D eigenvalue weighted by molar-refractivity contribution is 0.410. The molecule has 3 rings (SSSR count). The summed E-state index contributed by atoms with van der Waals surface area (Å²) in [6.07, 6.45) is 1.64. The van der Waals surface area contributed by atoms with Crippen LogP contribution in [-0.4, -0.2) is 15.2 Å². The van der Waals surface area contributed by atoms with Gasteiger partial charge in [-0.3, -0.25) is 0 Å². The number of nitrogens with zero attached hydrogens (tertiary/aromatic N) is 2. The summed E-state index contributed by atoms with van der Waals surface area (Å²) in [5.41, 5.74) is 1.41. The number of phenols is 1. The third-order valence-electron chi connectivity index (χ3n) is 2.92. The molecule has 0 spiro atoms. The van der Waals surface area contributed by atoms with Crippen LogP contribution in [0.2, 0.25) is 0 Å². The van der Waals surface area contributed by atoms with Crippen molar-refractivity contribution in [2.75, 3.05) is 0 Å². The van der Waals surface area contributed by atoms with Crippen molar-refractivity contribution in [3.05, 3.63) is 65.8 Å². The van der Waals surface area contributed by atoms with Crippen molar-refractivity contribution in [1.29, 1.82) is 0 Å². The summed E-state index contributed by atoms with van der Waals surface area (Å²) in [7, 11) is 0. The minimum atomic E-state index is -0.335. The summed E-state index contributed by atoms with van der Waals surface area (Å²) in [5, 5.41) is 13.3. The molecule has 0 amide bonds. The molecular weight excluding hydrogens is 307 g/mol. The number of rotatable bonds is 3. The van der Waals surface area contributed by atoms with Crippen molar-refractivity contribution < 1.29 is 14.0 Å². The number of hydrogen-bond acceptors (Lipinski definition) is 4. The molecule has 0 unspecified atom stereocenters. The van der Waals surface area contributed by atoms with Crippen molar-refractivity contribution in [3.8, 4) is 17.1 Å². The van der Waals surface area contributed by atoms with E-state index in [0.717, 1.165) is 5.56 Å². The second-order valence-electron chi connectivity index (χ2n) is 4.51. The van der Waals surface area contributed by atoms with Gasteiger partial charge in [0.15, 0.2) is 0 Å². The summed E-state index contributed by atoms with van der Waals surface area (Å²) in [6, 6.07) is 12.3. The topological polar surface area (TPSA) is 59.2 Å². The van der Waals surface area contributed by atoms with Crippen LogP contribution in [0.25, 0.3) is 22.5 Å². The average Bonchev–Trinajstić information content (AvgIpc) is 3.00. The first-order chi connectivity index (χ1) is 10.6. The minimum Gasteiger partial charge on any atom is -0.508 e. The molecule has 2 aromatic carbocycles. The molecule has 22 heavy (non-hydrogen) atoms. The number of benzene rings is 2. The highest BCUT2D eigenvalue weighted by Gasteiger charge is 2.11. The minimum absolute atomic E-state index is 0.161. The second kappa shape index (κ2) is 5.99. The molecule has 0 aliphatic rings. The second-order valence-corrected chi connectivity index (χ2v) is 4.92. The van der Waals surface area contributed by atoms with E-state index < -0.39 is 0 Å². The maximum absolute atomic E-state index is 12.9. The molecule has 1 aromatic heterocycles. The summed E-state index contributed by atoms with van der Waals surface area (Å²) in [5.74, 6) is 0.323. The molecule has 0 aliphatic carbocycles. The highest BCUT2D eigenvalue weighted by atomic mass is 35.5. The molecule has 0 radical (unpaired) electrons. The number of aromatic nitrogens is 2. The molecule has 110 valence electrons. The van der Waals surface area contributed by atoms with Crippen molar-refractivity contribution in [3.63, 3.8) is 0 Å². The molecule has 0 aliphatic heterocycles. The molecule has 6 heteroatoms. The Morgan fingerprint density at radius 3 is 2.45 bits per heavy atom. The fraction of sp³-hybridized carbons (Fsp3) is 0. The van der Waals surface area contributed by atoms with Gasteiger partial charge < -0.3 is 9.63 Å². The molecule has 1 heterocycles. The van der Waals surface area contributed by atoms with Gasteiger partial charge >= 0.3 is 0 Å². The Morgan fingerprint density at radius 2 is 1.77 bits per heavy atom. The fourth-order valence-corrected chi connectivity index (χ4v) is 2.02. The summed E-state index contributed by atoms with van der Waals surface area (Å²) >= 11 is 6.15. The molecular formula is C16H10ClFN2O2. The van der Waals surface area contributed by atoms with Gasteiger partial charge in [-0.25, -0.2) is 4.39 Å². The molecule has 0 fully saturated rings. The molecule has 1 N–H and O–H groups in total. The van der Waals surface area contributed by atoms with Gasteiger partial charge in [-0.15, -0.1) is 0 Å². The quantitative estimate of drug-likeness (QED) is 0.782. The van der Waals surface area contributed by atoms with Gasteiger partial charge in [-0.05, 0) is 48.0 Å². The standard InChI is InChI=1S/C16H10ClFN2O2/c17-14(9-10-1-7-13(21)8-2-10)16-19-15(20-22-16)11-3-5-12(18)6-4-11/h1-9,21H/b14-9-.